The SMILES string of the molecule is Nc1cc(I)ccc1NCC1CCCS1(=O)=O. The van der Waals surface area contributed by atoms with Crippen molar-refractivity contribution in [2.24, 2.45) is 0 Å². The van der Waals surface area contributed by atoms with Crippen molar-refractivity contribution in [1.29, 1.82) is 0 Å². The lowest BCUT2D eigenvalue weighted by Gasteiger charge is -2.13. The highest BCUT2D eigenvalue weighted by Crippen LogP contribution is 2.24. The molecule has 1 fully saturated rings. The summed E-state index contributed by atoms with van der Waals surface area (Å²) in [4.78, 5) is 0. The number of sulfone groups is 1. The third kappa shape index (κ3) is 3.04. The Morgan fingerprint density at radius 1 is 1.47 bits per heavy atom. The third-order valence-corrected chi connectivity index (χ3v) is 5.94. The highest BCUT2D eigenvalue weighted by molar-refractivity contribution is 14.1. The Hall–Kier alpha value is -0.500. The predicted octanol–water partition coefficient (Wildman–Crippen LogP) is 1.86. The maximum atomic E-state index is 11.6. The van der Waals surface area contributed by atoms with E-state index in [-0.39, 0.29) is 5.25 Å². The molecule has 4 nitrogen and oxygen atoms in total. The summed E-state index contributed by atoms with van der Waals surface area (Å²) in [5.74, 6) is 0.321. The molecule has 0 spiro atoms. The van der Waals surface area contributed by atoms with E-state index in [0.29, 0.717) is 18.0 Å². The summed E-state index contributed by atoms with van der Waals surface area (Å²) < 4.78 is 24.4. The largest absolute Gasteiger partial charge is 0.397 e. The molecule has 1 heterocycles. The molecule has 1 aliphatic rings. The topological polar surface area (TPSA) is 72.2 Å². The van der Waals surface area contributed by atoms with Gasteiger partial charge in [-0.25, -0.2) is 8.42 Å². The minimum absolute atomic E-state index is 0.263. The van der Waals surface area contributed by atoms with Gasteiger partial charge in [0.05, 0.1) is 22.4 Å². The van der Waals surface area contributed by atoms with Crippen molar-refractivity contribution in [2.75, 3.05) is 23.3 Å². The number of halogens is 1. The first-order valence-electron chi connectivity index (χ1n) is 5.49. The first-order chi connectivity index (χ1) is 7.99. The van der Waals surface area contributed by atoms with E-state index in [1.165, 1.54) is 0 Å². The summed E-state index contributed by atoms with van der Waals surface area (Å²) in [6.07, 6.45) is 1.52. The molecule has 0 radical (unpaired) electrons. The maximum absolute atomic E-state index is 11.6. The van der Waals surface area contributed by atoms with Crippen LogP contribution in [0.2, 0.25) is 0 Å². The average molecular weight is 366 g/mol. The molecule has 94 valence electrons. The zero-order valence-electron chi connectivity index (χ0n) is 9.32. The molecular formula is C11H15IN2O2S. The number of hydrogen-bond donors (Lipinski definition) is 2. The Bertz CT molecular complexity index is 516. The van der Waals surface area contributed by atoms with Crippen molar-refractivity contribution in [3.63, 3.8) is 0 Å². The van der Waals surface area contributed by atoms with E-state index < -0.39 is 9.84 Å². The van der Waals surface area contributed by atoms with Gasteiger partial charge in [-0.1, -0.05) is 0 Å². The summed E-state index contributed by atoms with van der Waals surface area (Å²) in [6.45, 7) is 0.452. The third-order valence-electron chi connectivity index (χ3n) is 3.00. The molecule has 1 unspecified atom stereocenters. The van der Waals surface area contributed by atoms with Gasteiger partial charge >= 0.3 is 0 Å². The molecule has 1 atom stereocenters. The first kappa shape index (κ1) is 12.9. The molecule has 0 bridgehead atoms. The molecule has 0 aliphatic carbocycles. The van der Waals surface area contributed by atoms with Crippen molar-refractivity contribution in [3.05, 3.63) is 21.8 Å². The zero-order valence-corrected chi connectivity index (χ0v) is 12.3. The first-order valence-corrected chi connectivity index (χ1v) is 8.29. The van der Waals surface area contributed by atoms with Crippen LogP contribution in [0.15, 0.2) is 18.2 Å². The van der Waals surface area contributed by atoms with E-state index in [9.17, 15) is 8.42 Å². The number of nitrogens with two attached hydrogens (primary N) is 1. The van der Waals surface area contributed by atoms with E-state index >= 15 is 0 Å². The van der Waals surface area contributed by atoms with Gasteiger partial charge in [0.1, 0.15) is 0 Å². The second-order valence-electron chi connectivity index (χ2n) is 4.24. The van der Waals surface area contributed by atoms with E-state index in [4.69, 9.17) is 5.73 Å². The lowest BCUT2D eigenvalue weighted by molar-refractivity contribution is 0.591. The number of benzene rings is 1. The van der Waals surface area contributed by atoms with E-state index in [1.807, 2.05) is 18.2 Å². The van der Waals surface area contributed by atoms with Crippen LogP contribution in [0.5, 0.6) is 0 Å². The summed E-state index contributed by atoms with van der Waals surface area (Å²) in [7, 11) is -2.88. The molecule has 1 saturated heterocycles. The monoisotopic (exact) mass is 366 g/mol. The number of anilines is 2. The van der Waals surface area contributed by atoms with Crippen LogP contribution in [0.4, 0.5) is 11.4 Å². The second-order valence-corrected chi connectivity index (χ2v) is 7.89. The molecule has 1 aromatic carbocycles. The summed E-state index contributed by atoms with van der Waals surface area (Å²) >= 11 is 2.19. The molecule has 17 heavy (non-hydrogen) atoms. The number of hydrogen-bond acceptors (Lipinski definition) is 4. The fraction of sp³-hybridized carbons (Fsp3) is 0.455. The van der Waals surface area contributed by atoms with Gasteiger partial charge in [0, 0.05) is 10.1 Å². The van der Waals surface area contributed by atoms with Gasteiger partial charge in [-0.15, -0.1) is 0 Å². The Balaban J connectivity index is 2.03. The van der Waals surface area contributed by atoms with Crippen LogP contribution in [0.3, 0.4) is 0 Å². The lowest BCUT2D eigenvalue weighted by atomic mass is 10.2. The minimum atomic E-state index is -2.88. The fourth-order valence-electron chi connectivity index (χ4n) is 2.01. The van der Waals surface area contributed by atoms with E-state index in [1.54, 1.807) is 0 Å². The van der Waals surface area contributed by atoms with Gasteiger partial charge in [-0.2, -0.15) is 0 Å². The van der Waals surface area contributed by atoms with E-state index in [0.717, 1.165) is 22.1 Å². The lowest BCUT2D eigenvalue weighted by Crippen LogP contribution is -2.25. The van der Waals surface area contributed by atoms with Crippen LogP contribution < -0.4 is 11.1 Å². The van der Waals surface area contributed by atoms with Gasteiger partial charge in [-0.3, -0.25) is 0 Å². The molecule has 1 aliphatic heterocycles. The van der Waals surface area contributed by atoms with Gasteiger partial charge in [-0.05, 0) is 53.6 Å². The highest BCUT2D eigenvalue weighted by atomic mass is 127. The zero-order chi connectivity index (χ0) is 12.5. The van der Waals surface area contributed by atoms with Crippen molar-refractivity contribution in [3.8, 4) is 0 Å². The smallest absolute Gasteiger partial charge is 0.154 e. The number of nitrogen functional groups attached to an aromatic ring is 1. The molecule has 0 saturated carbocycles. The average Bonchev–Trinajstić information content (AvgIpc) is 2.57. The van der Waals surface area contributed by atoms with E-state index in [2.05, 4.69) is 27.9 Å². The van der Waals surface area contributed by atoms with Crippen molar-refractivity contribution >= 4 is 43.8 Å². The Kier molecular flexibility index (Phi) is 3.82. The van der Waals surface area contributed by atoms with Crippen LogP contribution in [0.25, 0.3) is 0 Å². The Morgan fingerprint density at radius 3 is 2.82 bits per heavy atom. The van der Waals surface area contributed by atoms with Crippen LogP contribution in [-0.4, -0.2) is 26.0 Å². The van der Waals surface area contributed by atoms with Crippen LogP contribution in [0, 0.1) is 3.57 Å². The molecule has 6 heteroatoms. The van der Waals surface area contributed by atoms with Crippen LogP contribution in [0.1, 0.15) is 12.8 Å². The van der Waals surface area contributed by atoms with Gasteiger partial charge < -0.3 is 11.1 Å². The fourth-order valence-corrected chi connectivity index (χ4v) is 4.29. The maximum Gasteiger partial charge on any atom is 0.154 e. The second kappa shape index (κ2) is 5.01. The molecule has 2 rings (SSSR count). The summed E-state index contributed by atoms with van der Waals surface area (Å²) in [5, 5.41) is 2.87. The van der Waals surface area contributed by atoms with Crippen LogP contribution in [-0.2, 0) is 9.84 Å². The molecule has 3 N–H and O–H groups in total. The van der Waals surface area contributed by atoms with Crippen molar-refractivity contribution in [1.82, 2.24) is 0 Å². The van der Waals surface area contributed by atoms with Gasteiger partial charge in [0.15, 0.2) is 9.84 Å². The van der Waals surface area contributed by atoms with Gasteiger partial charge in [0.2, 0.25) is 0 Å². The molecule has 0 amide bonds. The van der Waals surface area contributed by atoms with Crippen molar-refractivity contribution < 1.29 is 8.42 Å². The summed E-state index contributed by atoms with van der Waals surface area (Å²) in [5.41, 5.74) is 7.33. The summed E-state index contributed by atoms with van der Waals surface area (Å²) in [6, 6.07) is 5.70. The van der Waals surface area contributed by atoms with Crippen molar-refractivity contribution in [2.45, 2.75) is 18.1 Å². The normalized spacial score (nSPS) is 22.5. The Labute approximate surface area is 115 Å². The van der Waals surface area contributed by atoms with Crippen LogP contribution >= 0.6 is 22.6 Å². The molecule has 0 aromatic heterocycles. The molecular weight excluding hydrogens is 351 g/mol. The minimum Gasteiger partial charge on any atom is -0.397 e. The predicted molar refractivity (Wildman–Crippen MR) is 78.9 cm³/mol. The number of nitrogens with one attached hydrogen (secondary N) is 1. The van der Waals surface area contributed by atoms with Gasteiger partial charge in [0.25, 0.3) is 0 Å². The number of rotatable bonds is 3. The standard InChI is InChI=1S/C11H15IN2O2S/c12-8-3-4-11(10(13)6-8)14-7-9-2-1-5-17(9,15)16/h3-4,6,9,14H,1-2,5,7,13H2. The molecule has 1 aromatic rings. The quantitative estimate of drug-likeness (QED) is 0.633. The highest BCUT2D eigenvalue weighted by Gasteiger charge is 2.30. The Morgan fingerprint density at radius 2 is 2.24 bits per heavy atom.